The number of carbonyl (C=O) groups is 1. The van der Waals surface area contributed by atoms with Crippen LogP contribution in [0.25, 0.3) is 11.0 Å². The van der Waals surface area contributed by atoms with E-state index in [4.69, 9.17) is 27.6 Å². The first kappa shape index (κ1) is 15.7. The Morgan fingerprint density at radius 1 is 1.12 bits per heavy atom. The molecule has 2 heterocycles. The van der Waals surface area contributed by atoms with E-state index in [9.17, 15) is 9.59 Å². The number of fused-ring (bicyclic) bond motifs is 2. The fraction of sp³-hybridized carbons (Fsp3) is 0.0588. The van der Waals surface area contributed by atoms with Crippen molar-refractivity contribution in [1.29, 1.82) is 0 Å². The quantitative estimate of drug-likeness (QED) is 0.550. The van der Waals surface area contributed by atoms with Gasteiger partial charge in [0.15, 0.2) is 11.0 Å². The van der Waals surface area contributed by atoms with Crippen molar-refractivity contribution in [2.45, 2.75) is 6.54 Å². The summed E-state index contributed by atoms with van der Waals surface area (Å²) >= 11 is 15.4. The lowest BCUT2D eigenvalue weighted by Gasteiger charge is -2.16. The zero-order valence-electron chi connectivity index (χ0n) is 12.0. The Morgan fingerprint density at radius 3 is 2.67 bits per heavy atom. The molecule has 7 heteroatoms. The monoisotopic (exact) mass is 423 g/mol. The number of carbonyl (C=O) groups excluding carboxylic acids is 1. The van der Waals surface area contributed by atoms with Crippen LogP contribution >= 0.6 is 39.1 Å². The number of anilines is 1. The largest absolute Gasteiger partial charge is 0.449 e. The average molecular weight is 425 g/mol. The molecule has 0 bridgehead atoms. The summed E-state index contributed by atoms with van der Waals surface area (Å²) in [7, 11) is 0. The van der Waals surface area contributed by atoms with Crippen molar-refractivity contribution >= 4 is 61.7 Å². The Morgan fingerprint density at radius 2 is 1.92 bits per heavy atom. The Kier molecular flexibility index (Phi) is 3.67. The maximum Gasteiger partial charge on any atom is 0.294 e. The first-order valence-corrected chi connectivity index (χ1v) is 8.53. The van der Waals surface area contributed by atoms with E-state index in [1.165, 1.54) is 4.90 Å². The van der Waals surface area contributed by atoms with E-state index in [1.54, 1.807) is 36.4 Å². The Labute approximate surface area is 154 Å². The molecule has 0 N–H and O–H groups in total. The first-order chi connectivity index (χ1) is 11.5. The summed E-state index contributed by atoms with van der Waals surface area (Å²) in [5.74, 6) is -0.352. The molecule has 2 aromatic carbocycles. The SMILES string of the molecule is O=C1c2oc3c(Cl)cccc3c(=O)c2CN1c1ccc(Cl)cc1Br. The topological polar surface area (TPSA) is 50.5 Å². The van der Waals surface area contributed by atoms with E-state index in [1.807, 2.05) is 0 Å². The normalized spacial score (nSPS) is 13.6. The second-order valence-corrected chi connectivity index (χ2v) is 7.04. The van der Waals surface area contributed by atoms with Crippen molar-refractivity contribution < 1.29 is 9.21 Å². The highest BCUT2D eigenvalue weighted by atomic mass is 79.9. The predicted octanol–water partition coefficient (Wildman–Crippen LogP) is 5.02. The van der Waals surface area contributed by atoms with Gasteiger partial charge < -0.3 is 4.42 Å². The third kappa shape index (κ3) is 2.27. The zero-order valence-corrected chi connectivity index (χ0v) is 15.1. The molecule has 4 nitrogen and oxygen atoms in total. The maximum absolute atomic E-state index is 12.7. The maximum atomic E-state index is 12.7. The number of para-hydroxylation sites is 1. The lowest BCUT2D eigenvalue weighted by atomic mass is 10.1. The summed E-state index contributed by atoms with van der Waals surface area (Å²) in [6, 6.07) is 10.0. The van der Waals surface area contributed by atoms with Gasteiger partial charge in [0.2, 0.25) is 5.76 Å². The highest BCUT2D eigenvalue weighted by Gasteiger charge is 2.35. The summed E-state index contributed by atoms with van der Waals surface area (Å²) in [6.45, 7) is 0.138. The van der Waals surface area contributed by atoms with Gasteiger partial charge in [-0.25, -0.2) is 0 Å². The fourth-order valence-corrected chi connectivity index (χ4v) is 3.89. The van der Waals surface area contributed by atoms with E-state index < -0.39 is 0 Å². The number of nitrogens with zero attached hydrogens (tertiary/aromatic N) is 1. The number of halogens is 3. The van der Waals surface area contributed by atoms with Crippen LogP contribution in [-0.2, 0) is 6.54 Å². The van der Waals surface area contributed by atoms with Gasteiger partial charge in [0.25, 0.3) is 5.91 Å². The lowest BCUT2D eigenvalue weighted by molar-refractivity contribution is 0.0973. The number of amides is 1. The van der Waals surface area contributed by atoms with E-state index in [0.717, 1.165) is 0 Å². The Bertz CT molecular complexity index is 1080. The molecule has 24 heavy (non-hydrogen) atoms. The number of benzene rings is 2. The highest BCUT2D eigenvalue weighted by Crippen LogP contribution is 2.35. The second kappa shape index (κ2) is 5.62. The highest BCUT2D eigenvalue weighted by molar-refractivity contribution is 9.10. The third-order valence-electron chi connectivity index (χ3n) is 3.92. The fourth-order valence-electron chi connectivity index (χ4n) is 2.78. The standard InChI is InChI=1S/C17H8BrCl2NO3/c18-11-6-8(19)4-5-13(11)21-7-10-14(22)9-2-1-3-12(20)15(9)24-16(10)17(21)23/h1-6H,7H2. The van der Waals surface area contributed by atoms with Crippen LogP contribution < -0.4 is 10.3 Å². The van der Waals surface area contributed by atoms with Gasteiger partial charge in [-0.15, -0.1) is 0 Å². The zero-order chi connectivity index (χ0) is 17.0. The number of hydrogen-bond donors (Lipinski definition) is 0. The molecule has 0 atom stereocenters. The lowest BCUT2D eigenvalue weighted by Crippen LogP contribution is -2.23. The number of hydrogen-bond acceptors (Lipinski definition) is 3. The van der Waals surface area contributed by atoms with E-state index in [0.29, 0.717) is 31.2 Å². The predicted molar refractivity (Wildman–Crippen MR) is 97.2 cm³/mol. The van der Waals surface area contributed by atoms with E-state index in [2.05, 4.69) is 15.9 Å². The van der Waals surface area contributed by atoms with Crippen molar-refractivity contribution in [2.75, 3.05) is 4.90 Å². The molecule has 0 unspecified atom stereocenters. The van der Waals surface area contributed by atoms with Crippen molar-refractivity contribution in [1.82, 2.24) is 0 Å². The van der Waals surface area contributed by atoms with Crippen molar-refractivity contribution in [3.05, 3.63) is 72.5 Å². The smallest absolute Gasteiger partial charge is 0.294 e. The van der Waals surface area contributed by atoms with Gasteiger partial charge in [-0.3, -0.25) is 14.5 Å². The van der Waals surface area contributed by atoms with Gasteiger partial charge in [-0.1, -0.05) is 29.3 Å². The van der Waals surface area contributed by atoms with Gasteiger partial charge in [0.05, 0.1) is 28.2 Å². The Hall–Kier alpha value is -1.82. The van der Waals surface area contributed by atoms with E-state index in [-0.39, 0.29) is 29.2 Å². The molecule has 0 spiro atoms. The van der Waals surface area contributed by atoms with Crippen molar-refractivity contribution in [3.63, 3.8) is 0 Å². The molecule has 1 aliphatic rings. The Balaban J connectivity index is 1.91. The molecular formula is C17H8BrCl2NO3. The molecular weight excluding hydrogens is 417 g/mol. The molecule has 1 aliphatic heterocycles. The van der Waals surface area contributed by atoms with Gasteiger partial charge in [0, 0.05) is 9.50 Å². The minimum absolute atomic E-state index is 0.0300. The molecule has 0 fully saturated rings. The van der Waals surface area contributed by atoms with Crippen LogP contribution in [0.2, 0.25) is 10.0 Å². The molecule has 120 valence electrons. The van der Waals surface area contributed by atoms with Gasteiger partial charge in [-0.2, -0.15) is 0 Å². The van der Waals surface area contributed by atoms with Crippen LogP contribution in [0.5, 0.6) is 0 Å². The molecule has 1 aromatic heterocycles. The molecule has 1 amide bonds. The molecule has 0 aliphatic carbocycles. The van der Waals surface area contributed by atoms with Crippen LogP contribution in [-0.4, -0.2) is 5.91 Å². The summed E-state index contributed by atoms with van der Waals surface area (Å²) in [6.07, 6.45) is 0. The molecule has 0 radical (unpaired) electrons. The molecule has 0 saturated carbocycles. The molecule has 0 saturated heterocycles. The van der Waals surface area contributed by atoms with E-state index >= 15 is 0 Å². The van der Waals surface area contributed by atoms with Crippen molar-refractivity contribution in [3.8, 4) is 0 Å². The van der Waals surface area contributed by atoms with Crippen LogP contribution in [0.1, 0.15) is 16.1 Å². The average Bonchev–Trinajstić information content (AvgIpc) is 2.86. The summed E-state index contributed by atoms with van der Waals surface area (Å²) < 4.78 is 6.34. The minimum atomic E-state index is -0.382. The first-order valence-electron chi connectivity index (χ1n) is 6.98. The second-order valence-electron chi connectivity index (χ2n) is 5.34. The minimum Gasteiger partial charge on any atom is -0.449 e. The third-order valence-corrected chi connectivity index (χ3v) is 5.09. The van der Waals surface area contributed by atoms with Crippen LogP contribution in [0.15, 0.2) is 50.1 Å². The van der Waals surface area contributed by atoms with Gasteiger partial charge in [0.1, 0.15) is 0 Å². The summed E-state index contributed by atoms with van der Waals surface area (Å²) in [5, 5.41) is 1.21. The van der Waals surface area contributed by atoms with Crippen molar-refractivity contribution in [2.24, 2.45) is 0 Å². The number of rotatable bonds is 1. The summed E-state index contributed by atoms with van der Waals surface area (Å²) in [4.78, 5) is 26.9. The van der Waals surface area contributed by atoms with Crippen LogP contribution in [0, 0.1) is 0 Å². The molecule has 3 aromatic rings. The van der Waals surface area contributed by atoms with Crippen LogP contribution in [0.3, 0.4) is 0 Å². The molecule has 4 rings (SSSR count). The summed E-state index contributed by atoms with van der Waals surface area (Å²) in [5.41, 5.74) is 0.935. The van der Waals surface area contributed by atoms with Crippen LogP contribution in [0.4, 0.5) is 5.69 Å². The van der Waals surface area contributed by atoms with Gasteiger partial charge in [-0.05, 0) is 46.3 Å². The van der Waals surface area contributed by atoms with Gasteiger partial charge >= 0.3 is 0 Å².